The minimum Gasteiger partial charge on any atom is -0.493 e. The Hall–Kier alpha value is -2.94. The normalized spacial score (nSPS) is 23.3. The highest BCUT2D eigenvalue weighted by Crippen LogP contribution is 2.55. The molecule has 176 valence electrons. The van der Waals surface area contributed by atoms with Gasteiger partial charge in [0.1, 0.15) is 11.5 Å². The molecule has 2 heterocycles. The van der Waals surface area contributed by atoms with Crippen molar-refractivity contribution in [2.75, 3.05) is 24.4 Å². The van der Waals surface area contributed by atoms with Crippen molar-refractivity contribution in [1.82, 2.24) is 4.98 Å². The van der Waals surface area contributed by atoms with Crippen molar-refractivity contribution < 1.29 is 28.2 Å². The summed E-state index contributed by atoms with van der Waals surface area (Å²) in [6.45, 7) is 0.00296. The van der Waals surface area contributed by atoms with Gasteiger partial charge in [-0.25, -0.2) is 13.8 Å². The molecule has 0 unspecified atom stereocenters. The van der Waals surface area contributed by atoms with Gasteiger partial charge in [-0.3, -0.25) is 4.79 Å². The average molecular weight is 459 g/mol. The number of carbonyl (C=O) groups is 1. The van der Waals surface area contributed by atoms with Crippen LogP contribution in [-0.2, 0) is 16.8 Å². The molecule has 0 saturated heterocycles. The van der Waals surface area contributed by atoms with E-state index in [1.54, 1.807) is 6.20 Å². The number of amides is 1. The summed E-state index contributed by atoms with van der Waals surface area (Å²) in [4.78, 5) is 19.2. The number of hydrogen-bond acceptors (Lipinski definition) is 6. The smallest absolute Gasteiger partial charge is 0.238 e. The number of aromatic nitrogens is 1. The zero-order valence-electron chi connectivity index (χ0n) is 18.7. The van der Waals surface area contributed by atoms with E-state index in [-0.39, 0.29) is 36.1 Å². The fourth-order valence-corrected chi connectivity index (χ4v) is 5.08. The number of fused-ring (bicyclic) bond motifs is 2. The molecule has 2 aliphatic carbocycles. The van der Waals surface area contributed by atoms with Crippen LogP contribution in [0.2, 0.25) is 0 Å². The molecule has 9 heteroatoms. The zero-order chi connectivity index (χ0) is 23.3. The van der Waals surface area contributed by atoms with Crippen molar-refractivity contribution in [2.45, 2.75) is 62.6 Å². The minimum absolute atomic E-state index is 0.00296. The van der Waals surface area contributed by atoms with Crippen molar-refractivity contribution in [3.05, 3.63) is 41.1 Å². The molecule has 1 aliphatic heterocycles. The van der Waals surface area contributed by atoms with E-state index < -0.39 is 22.7 Å². The summed E-state index contributed by atoms with van der Waals surface area (Å²) >= 11 is 0. The molecule has 3 aliphatic rings. The van der Waals surface area contributed by atoms with Crippen LogP contribution in [0.15, 0.2) is 18.3 Å². The van der Waals surface area contributed by atoms with Crippen molar-refractivity contribution in [1.29, 1.82) is 0 Å². The molecule has 0 radical (unpaired) electrons. The fraction of sp³-hybridized carbons (Fsp3) is 0.500. The Morgan fingerprint density at radius 3 is 2.30 bits per heavy atom. The predicted octanol–water partition coefficient (Wildman–Crippen LogP) is 3.67. The average Bonchev–Trinajstić information content (AvgIpc) is 3.61. The summed E-state index contributed by atoms with van der Waals surface area (Å²) in [5, 5.41) is 13.1. The van der Waals surface area contributed by atoms with Crippen LogP contribution < -0.4 is 19.7 Å². The molecule has 5 rings (SSSR count). The highest BCUT2D eigenvalue weighted by atomic mass is 19.1. The third-order valence-electron chi connectivity index (χ3n) is 7.10. The van der Waals surface area contributed by atoms with Gasteiger partial charge in [0, 0.05) is 18.3 Å². The number of aliphatic hydroxyl groups is 1. The Bertz CT molecular complexity index is 1070. The first kappa shape index (κ1) is 21.9. The molecule has 0 atom stereocenters. The molecule has 7 nitrogen and oxygen atoms in total. The minimum atomic E-state index is -0.936. The third-order valence-corrected chi connectivity index (χ3v) is 7.10. The van der Waals surface area contributed by atoms with Crippen LogP contribution >= 0.6 is 0 Å². The van der Waals surface area contributed by atoms with Gasteiger partial charge in [0.2, 0.25) is 5.91 Å². The maximum absolute atomic E-state index is 15.2. The number of halogens is 2. The highest BCUT2D eigenvalue weighted by Gasteiger charge is 2.57. The third kappa shape index (κ3) is 3.58. The van der Waals surface area contributed by atoms with Crippen LogP contribution in [0.3, 0.4) is 0 Å². The van der Waals surface area contributed by atoms with Crippen LogP contribution in [0.1, 0.15) is 49.7 Å². The summed E-state index contributed by atoms with van der Waals surface area (Å²) in [6.07, 6.45) is 5.87. The maximum atomic E-state index is 15.2. The lowest BCUT2D eigenvalue weighted by Crippen LogP contribution is -2.45. The van der Waals surface area contributed by atoms with E-state index in [0.717, 1.165) is 47.8 Å². The summed E-state index contributed by atoms with van der Waals surface area (Å²) in [7, 11) is 2.56. The van der Waals surface area contributed by atoms with Gasteiger partial charge in [-0.05, 0) is 55.7 Å². The number of pyridine rings is 1. The summed E-state index contributed by atoms with van der Waals surface area (Å²) in [5.74, 6) is -1.91. The molecule has 2 aromatic rings. The lowest BCUT2D eigenvalue weighted by Gasteiger charge is -2.35. The van der Waals surface area contributed by atoms with Gasteiger partial charge < -0.3 is 24.8 Å². The van der Waals surface area contributed by atoms with Crippen molar-refractivity contribution in [3.8, 4) is 11.5 Å². The van der Waals surface area contributed by atoms with E-state index >= 15 is 8.78 Å². The molecule has 2 saturated carbocycles. The Morgan fingerprint density at radius 2 is 1.73 bits per heavy atom. The Balaban J connectivity index is 1.49. The van der Waals surface area contributed by atoms with Gasteiger partial charge >= 0.3 is 0 Å². The zero-order valence-corrected chi connectivity index (χ0v) is 18.7. The molecule has 2 fully saturated rings. The van der Waals surface area contributed by atoms with Crippen molar-refractivity contribution >= 4 is 17.4 Å². The second-order valence-electron chi connectivity index (χ2n) is 9.11. The van der Waals surface area contributed by atoms with E-state index in [9.17, 15) is 9.90 Å². The topological polar surface area (TPSA) is 83.9 Å². The molecule has 2 N–H and O–H groups in total. The summed E-state index contributed by atoms with van der Waals surface area (Å²) in [6, 6.07) is 3.26. The SMILES string of the molecule is COc1cc(OC)c(F)c(N2Cc3cnc(NC4CCC(O)CC4)cc3C3(CC3)C2=O)c1F. The lowest BCUT2D eigenvalue weighted by molar-refractivity contribution is -0.121. The van der Waals surface area contributed by atoms with Gasteiger partial charge in [-0.2, -0.15) is 0 Å². The Labute approximate surface area is 190 Å². The van der Waals surface area contributed by atoms with Gasteiger partial charge in [-0.15, -0.1) is 0 Å². The van der Waals surface area contributed by atoms with E-state index in [1.165, 1.54) is 14.2 Å². The Morgan fingerprint density at radius 1 is 1.09 bits per heavy atom. The van der Waals surface area contributed by atoms with Gasteiger partial charge in [0.25, 0.3) is 0 Å². The lowest BCUT2D eigenvalue weighted by atomic mass is 9.86. The monoisotopic (exact) mass is 459 g/mol. The number of anilines is 2. The molecular weight excluding hydrogens is 432 g/mol. The summed E-state index contributed by atoms with van der Waals surface area (Å²) in [5.41, 5.74) is 0.367. The highest BCUT2D eigenvalue weighted by molar-refractivity contribution is 6.05. The largest absolute Gasteiger partial charge is 0.493 e. The van der Waals surface area contributed by atoms with Gasteiger partial charge in [-0.1, -0.05) is 0 Å². The number of ether oxygens (including phenoxy) is 2. The van der Waals surface area contributed by atoms with E-state index in [2.05, 4.69) is 10.3 Å². The predicted molar refractivity (Wildman–Crippen MR) is 118 cm³/mol. The first-order valence-corrected chi connectivity index (χ1v) is 11.2. The number of nitrogens with zero attached hydrogens (tertiary/aromatic N) is 2. The number of nitrogens with one attached hydrogen (secondary N) is 1. The maximum Gasteiger partial charge on any atom is 0.238 e. The van der Waals surface area contributed by atoms with Crippen LogP contribution in [0.5, 0.6) is 11.5 Å². The molecule has 1 aromatic carbocycles. The van der Waals surface area contributed by atoms with Crippen molar-refractivity contribution in [3.63, 3.8) is 0 Å². The Kier molecular flexibility index (Phi) is 5.39. The molecule has 0 bridgehead atoms. The van der Waals surface area contributed by atoms with E-state index in [0.29, 0.717) is 18.7 Å². The number of benzene rings is 1. The second kappa shape index (κ2) is 8.13. The fourth-order valence-electron chi connectivity index (χ4n) is 5.08. The van der Waals surface area contributed by atoms with Crippen LogP contribution in [0, 0.1) is 11.6 Å². The number of carbonyl (C=O) groups excluding carboxylic acids is 1. The summed E-state index contributed by atoms with van der Waals surface area (Å²) < 4.78 is 40.4. The second-order valence-corrected chi connectivity index (χ2v) is 9.11. The van der Waals surface area contributed by atoms with Gasteiger partial charge in [0.15, 0.2) is 23.1 Å². The molecule has 1 aromatic heterocycles. The van der Waals surface area contributed by atoms with Crippen LogP contribution in [0.4, 0.5) is 20.3 Å². The van der Waals surface area contributed by atoms with E-state index in [4.69, 9.17) is 9.47 Å². The molecule has 1 amide bonds. The van der Waals surface area contributed by atoms with E-state index in [1.807, 2.05) is 6.07 Å². The number of hydrogen-bond donors (Lipinski definition) is 2. The quantitative estimate of drug-likeness (QED) is 0.710. The molecular formula is C24H27F2N3O4. The van der Waals surface area contributed by atoms with Crippen molar-refractivity contribution in [2.24, 2.45) is 0 Å². The number of aliphatic hydroxyl groups excluding tert-OH is 1. The molecule has 33 heavy (non-hydrogen) atoms. The van der Waals surface area contributed by atoms with Crippen LogP contribution in [0.25, 0.3) is 0 Å². The molecule has 1 spiro atoms. The van der Waals surface area contributed by atoms with Gasteiger partial charge in [0.05, 0.1) is 32.3 Å². The number of methoxy groups -OCH3 is 2. The number of rotatable bonds is 5. The first-order chi connectivity index (χ1) is 15.9. The standard InChI is InChI=1S/C24H27F2N3O4/c1-32-17-10-18(33-2)21(26)22(20(17)25)29-12-13-11-27-19(28-14-3-5-15(30)6-4-14)9-16(13)24(7-8-24)23(29)31/h9-11,14-15,30H,3-8,12H2,1-2H3,(H,27,28). The first-order valence-electron chi connectivity index (χ1n) is 11.2. The van der Waals surface area contributed by atoms with Crippen LogP contribution in [-0.4, -0.2) is 42.4 Å².